The van der Waals surface area contributed by atoms with Crippen LogP contribution in [0.15, 0.2) is 29.1 Å². The van der Waals surface area contributed by atoms with Gasteiger partial charge in [-0.3, -0.25) is 14.5 Å². The lowest BCUT2D eigenvalue weighted by molar-refractivity contribution is 0.0958. The summed E-state index contributed by atoms with van der Waals surface area (Å²) in [6.45, 7) is 8.71. The molecule has 7 nitrogen and oxygen atoms in total. The van der Waals surface area contributed by atoms with Gasteiger partial charge in [-0.2, -0.15) is 0 Å². The molecule has 3 heterocycles. The van der Waals surface area contributed by atoms with Gasteiger partial charge >= 0.3 is 0 Å². The van der Waals surface area contributed by atoms with E-state index in [-0.39, 0.29) is 11.5 Å². The predicted octanol–water partition coefficient (Wildman–Crippen LogP) is 2.71. The number of hydrogen-bond donors (Lipinski definition) is 2. The van der Waals surface area contributed by atoms with Gasteiger partial charge in [-0.1, -0.05) is 12.1 Å². The average Bonchev–Trinajstić information content (AvgIpc) is 3.32. The molecule has 0 unspecified atom stereocenters. The van der Waals surface area contributed by atoms with Crippen LogP contribution in [0.5, 0.6) is 0 Å². The summed E-state index contributed by atoms with van der Waals surface area (Å²) in [7, 11) is 1.62. The zero-order valence-corrected chi connectivity index (χ0v) is 19.6. The van der Waals surface area contributed by atoms with Gasteiger partial charge in [0.25, 0.3) is 11.5 Å². The number of aryl methyl sites for hydroxylation is 3. The molecule has 2 N–H and O–H groups in total. The molecule has 0 saturated carbocycles. The molecule has 1 saturated heterocycles. The number of benzene rings is 1. The Morgan fingerprint density at radius 3 is 2.55 bits per heavy atom. The number of anilines is 1. The number of piperazine rings is 1. The van der Waals surface area contributed by atoms with Crippen molar-refractivity contribution in [3.63, 3.8) is 0 Å². The molecule has 1 amide bonds. The highest BCUT2D eigenvalue weighted by molar-refractivity contribution is 5.92. The number of aromatic amines is 1. The summed E-state index contributed by atoms with van der Waals surface area (Å²) in [6.07, 6.45) is 2.98. The maximum absolute atomic E-state index is 12.6. The SMILES string of the molecule is CNC(=O)c1ccc(N2CCN(Cc3ccc4c5c(c(=O)[nH]c4c3C)CCC5)CC2)c(C)n1. The van der Waals surface area contributed by atoms with E-state index in [1.54, 1.807) is 13.1 Å². The van der Waals surface area contributed by atoms with Crippen LogP contribution in [0.25, 0.3) is 10.9 Å². The van der Waals surface area contributed by atoms with Gasteiger partial charge in [0.2, 0.25) is 0 Å². The fourth-order valence-corrected chi connectivity index (χ4v) is 5.35. The molecule has 0 atom stereocenters. The minimum Gasteiger partial charge on any atom is -0.368 e. The normalized spacial score (nSPS) is 16.3. The van der Waals surface area contributed by atoms with Gasteiger partial charge in [0.1, 0.15) is 5.69 Å². The van der Waals surface area contributed by atoms with Gasteiger partial charge in [0.15, 0.2) is 0 Å². The molecule has 3 aromatic rings. The second-order valence-corrected chi connectivity index (χ2v) is 9.18. The van der Waals surface area contributed by atoms with Crippen LogP contribution >= 0.6 is 0 Å². The second kappa shape index (κ2) is 8.63. The highest BCUT2D eigenvalue weighted by Gasteiger charge is 2.22. The summed E-state index contributed by atoms with van der Waals surface area (Å²) in [4.78, 5) is 36.9. The Labute approximate surface area is 193 Å². The fraction of sp³-hybridized carbons (Fsp3) is 0.423. The van der Waals surface area contributed by atoms with Crippen molar-refractivity contribution < 1.29 is 4.79 Å². The van der Waals surface area contributed by atoms with E-state index in [1.165, 1.54) is 22.1 Å². The van der Waals surface area contributed by atoms with Gasteiger partial charge in [0.05, 0.1) is 16.9 Å². The highest BCUT2D eigenvalue weighted by atomic mass is 16.1. The zero-order valence-electron chi connectivity index (χ0n) is 19.6. The Morgan fingerprint density at radius 2 is 1.82 bits per heavy atom. The monoisotopic (exact) mass is 445 g/mol. The Bertz CT molecular complexity index is 1290. The highest BCUT2D eigenvalue weighted by Crippen LogP contribution is 2.30. The van der Waals surface area contributed by atoms with E-state index in [2.05, 4.69) is 44.1 Å². The Morgan fingerprint density at radius 1 is 1.06 bits per heavy atom. The number of carbonyl (C=O) groups excluding carboxylic acids is 1. The van der Waals surface area contributed by atoms with Crippen LogP contribution in [-0.2, 0) is 19.4 Å². The van der Waals surface area contributed by atoms with E-state index < -0.39 is 0 Å². The summed E-state index contributed by atoms with van der Waals surface area (Å²) >= 11 is 0. The van der Waals surface area contributed by atoms with Gasteiger partial charge < -0.3 is 15.2 Å². The van der Waals surface area contributed by atoms with Gasteiger partial charge in [0, 0.05) is 50.7 Å². The molecule has 1 aliphatic carbocycles. The first-order valence-corrected chi connectivity index (χ1v) is 11.8. The van der Waals surface area contributed by atoms with Crippen molar-refractivity contribution in [2.75, 3.05) is 38.1 Å². The number of aromatic nitrogens is 2. The lowest BCUT2D eigenvalue weighted by Gasteiger charge is -2.36. The van der Waals surface area contributed by atoms with E-state index >= 15 is 0 Å². The van der Waals surface area contributed by atoms with Crippen LogP contribution in [0.4, 0.5) is 5.69 Å². The van der Waals surface area contributed by atoms with Crippen LogP contribution in [0, 0.1) is 13.8 Å². The van der Waals surface area contributed by atoms with Crippen molar-refractivity contribution in [1.29, 1.82) is 0 Å². The Hall–Kier alpha value is -3.19. The fourth-order valence-electron chi connectivity index (χ4n) is 5.35. The molecule has 2 aliphatic rings. The molecule has 7 heteroatoms. The van der Waals surface area contributed by atoms with Gasteiger partial charge in [-0.05, 0) is 61.9 Å². The summed E-state index contributed by atoms with van der Waals surface area (Å²) < 4.78 is 0. The molecule has 0 bridgehead atoms. The van der Waals surface area contributed by atoms with Crippen LogP contribution < -0.4 is 15.8 Å². The molecule has 172 valence electrons. The summed E-state index contributed by atoms with van der Waals surface area (Å²) in [5.41, 5.74) is 8.23. The topological polar surface area (TPSA) is 81.3 Å². The van der Waals surface area contributed by atoms with Crippen molar-refractivity contribution in [3.8, 4) is 0 Å². The summed E-state index contributed by atoms with van der Waals surface area (Å²) in [6, 6.07) is 8.25. The number of amides is 1. The van der Waals surface area contributed by atoms with Gasteiger partial charge in [-0.25, -0.2) is 4.98 Å². The lowest BCUT2D eigenvalue weighted by Crippen LogP contribution is -2.46. The number of rotatable bonds is 4. The van der Waals surface area contributed by atoms with Crippen LogP contribution in [-0.4, -0.2) is 54.0 Å². The minimum atomic E-state index is -0.161. The van der Waals surface area contributed by atoms with E-state index in [0.717, 1.165) is 74.4 Å². The summed E-state index contributed by atoms with van der Waals surface area (Å²) in [5.74, 6) is -0.161. The summed E-state index contributed by atoms with van der Waals surface area (Å²) in [5, 5.41) is 3.84. The molecule has 1 aliphatic heterocycles. The predicted molar refractivity (Wildman–Crippen MR) is 131 cm³/mol. The largest absolute Gasteiger partial charge is 0.368 e. The molecule has 1 fully saturated rings. The third kappa shape index (κ3) is 3.91. The number of nitrogens with zero attached hydrogens (tertiary/aromatic N) is 3. The van der Waals surface area contributed by atoms with Crippen molar-refractivity contribution in [2.45, 2.75) is 39.7 Å². The maximum Gasteiger partial charge on any atom is 0.269 e. The van der Waals surface area contributed by atoms with Crippen molar-refractivity contribution in [1.82, 2.24) is 20.2 Å². The number of hydrogen-bond acceptors (Lipinski definition) is 5. The molecule has 1 aromatic carbocycles. The van der Waals surface area contributed by atoms with E-state index in [0.29, 0.717) is 5.69 Å². The minimum absolute atomic E-state index is 0.0929. The number of pyridine rings is 2. The van der Waals surface area contributed by atoms with Crippen LogP contribution in [0.1, 0.15) is 44.9 Å². The van der Waals surface area contributed by atoms with E-state index in [4.69, 9.17) is 0 Å². The third-order valence-corrected chi connectivity index (χ3v) is 7.26. The van der Waals surface area contributed by atoms with E-state index in [1.807, 2.05) is 13.0 Å². The Kier molecular flexibility index (Phi) is 5.66. The first kappa shape index (κ1) is 21.6. The van der Waals surface area contributed by atoms with Crippen molar-refractivity contribution in [3.05, 3.63) is 68.3 Å². The quantitative estimate of drug-likeness (QED) is 0.645. The maximum atomic E-state index is 12.6. The van der Waals surface area contributed by atoms with Crippen molar-refractivity contribution in [2.24, 2.45) is 0 Å². The Balaban J connectivity index is 1.30. The smallest absolute Gasteiger partial charge is 0.269 e. The number of nitrogens with one attached hydrogen (secondary N) is 2. The third-order valence-electron chi connectivity index (χ3n) is 7.26. The second-order valence-electron chi connectivity index (χ2n) is 9.18. The lowest BCUT2D eigenvalue weighted by atomic mass is 9.98. The first-order chi connectivity index (χ1) is 16.0. The zero-order chi connectivity index (χ0) is 23.1. The van der Waals surface area contributed by atoms with Crippen LogP contribution in [0.3, 0.4) is 0 Å². The molecule has 2 aromatic heterocycles. The number of carbonyl (C=O) groups is 1. The van der Waals surface area contributed by atoms with Crippen LogP contribution in [0.2, 0.25) is 0 Å². The number of H-pyrrole nitrogens is 1. The standard InChI is InChI=1S/C26H31N5O2/c1-16-18(7-8-20-19-5-4-6-21(19)25(32)29-24(16)20)15-30-11-13-31(14-12-30)23-10-9-22(26(33)27-3)28-17(23)2/h7-10H,4-6,11-15H2,1-3H3,(H,27,33)(H,29,32). The molecule has 33 heavy (non-hydrogen) atoms. The molecule has 0 spiro atoms. The van der Waals surface area contributed by atoms with Crippen molar-refractivity contribution >= 4 is 22.5 Å². The first-order valence-electron chi connectivity index (χ1n) is 11.8. The molecular formula is C26H31N5O2. The average molecular weight is 446 g/mol. The molecular weight excluding hydrogens is 414 g/mol. The molecule has 0 radical (unpaired) electrons. The van der Waals surface area contributed by atoms with Gasteiger partial charge in [-0.15, -0.1) is 0 Å². The number of fused-ring (bicyclic) bond motifs is 3. The molecule has 5 rings (SSSR count). The van der Waals surface area contributed by atoms with E-state index in [9.17, 15) is 9.59 Å².